The van der Waals surface area contributed by atoms with Crippen LogP contribution in [0.15, 0.2) is 176 Å². The third-order valence-corrected chi connectivity index (χ3v) is 12.3. The molecule has 0 amide bonds. The van der Waals surface area contributed by atoms with Crippen LogP contribution >= 0.6 is 0 Å². The van der Waals surface area contributed by atoms with E-state index in [2.05, 4.69) is 202 Å². The zero-order valence-electron chi connectivity index (χ0n) is 33.6. The van der Waals surface area contributed by atoms with Crippen LogP contribution in [0, 0.1) is 13.8 Å². The summed E-state index contributed by atoms with van der Waals surface area (Å²) in [5, 5.41) is 2.31. The van der Waals surface area contributed by atoms with Crippen molar-refractivity contribution < 1.29 is 9.47 Å². The highest BCUT2D eigenvalue weighted by Crippen LogP contribution is 2.58. The molecule has 2 aliphatic rings. The second-order valence-corrected chi connectivity index (χ2v) is 16.2. The topological polar surface area (TPSA) is 21.7 Å². The van der Waals surface area contributed by atoms with Gasteiger partial charge in [-0.25, -0.2) is 0 Å². The lowest BCUT2D eigenvalue weighted by atomic mass is 9.76. The van der Waals surface area contributed by atoms with Gasteiger partial charge in [0.1, 0.15) is 11.5 Å². The van der Waals surface area contributed by atoms with Gasteiger partial charge in [-0.05, 0) is 113 Å². The van der Waals surface area contributed by atoms with Crippen LogP contribution in [-0.4, -0.2) is 7.11 Å². The van der Waals surface area contributed by atoms with Gasteiger partial charge in [0, 0.05) is 44.6 Å². The van der Waals surface area contributed by atoms with Gasteiger partial charge in [-0.3, -0.25) is 0 Å². The maximum atomic E-state index is 7.64. The highest BCUT2D eigenvalue weighted by atomic mass is 16.5. The molecule has 1 unspecified atom stereocenters. The Morgan fingerprint density at radius 1 is 0.552 bits per heavy atom. The second-order valence-electron chi connectivity index (χ2n) is 16.2. The molecule has 10 rings (SSSR count). The molecule has 0 fully saturated rings. The van der Waals surface area contributed by atoms with Gasteiger partial charge in [-0.1, -0.05) is 146 Å². The van der Waals surface area contributed by atoms with Crippen molar-refractivity contribution in [2.24, 2.45) is 0 Å². The average molecular weight is 752 g/mol. The van der Waals surface area contributed by atoms with Crippen LogP contribution in [0.25, 0.3) is 39.1 Å². The minimum Gasteiger partial charge on any atom is -0.497 e. The predicted molar refractivity (Wildman–Crippen MR) is 241 cm³/mol. The van der Waals surface area contributed by atoms with Crippen LogP contribution in [0.1, 0.15) is 52.8 Å². The Labute approximate surface area is 341 Å². The molecule has 3 nitrogen and oxygen atoms in total. The zero-order valence-corrected chi connectivity index (χ0v) is 33.6. The molecule has 0 aromatic heterocycles. The van der Waals surface area contributed by atoms with Crippen LogP contribution in [0.4, 0.5) is 17.1 Å². The summed E-state index contributed by atoms with van der Waals surface area (Å²) in [7, 11) is 1.71. The first kappa shape index (κ1) is 35.6. The third-order valence-electron chi connectivity index (χ3n) is 12.3. The number of rotatable bonds is 7. The third kappa shape index (κ3) is 5.64. The lowest BCUT2D eigenvalue weighted by molar-refractivity contribution is 0.163. The molecule has 0 saturated heterocycles. The fourth-order valence-electron chi connectivity index (χ4n) is 9.25. The van der Waals surface area contributed by atoms with E-state index in [1.165, 1.54) is 49.9 Å². The van der Waals surface area contributed by atoms with Gasteiger partial charge in [0.15, 0.2) is 5.60 Å². The van der Waals surface area contributed by atoms with Crippen molar-refractivity contribution in [2.75, 3.05) is 12.0 Å². The van der Waals surface area contributed by atoms with E-state index in [0.717, 1.165) is 50.6 Å². The van der Waals surface area contributed by atoms with E-state index in [1.807, 2.05) is 12.1 Å². The maximum absolute atomic E-state index is 7.64. The molecule has 0 saturated carbocycles. The fraction of sp³-hybridized carbons (Fsp3) is 0.127. The van der Waals surface area contributed by atoms with Crippen LogP contribution in [0.2, 0.25) is 0 Å². The minimum absolute atomic E-state index is 0.269. The number of methoxy groups -OCH3 is 1. The first-order valence-electron chi connectivity index (χ1n) is 20.1. The number of fused-ring (bicyclic) bond motifs is 8. The molecule has 8 aromatic rings. The lowest BCUT2D eigenvalue weighted by Gasteiger charge is -2.38. The fourth-order valence-corrected chi connectivity index (χ4v) is 9.25. The van der Waals surface area contributed by atoms with Crippen molar-refractivity contribution in [3.8, 4) is 33.8 Å². The summed E-state index contributed by atoms with van der Waals surface area (Å²) in [5.74, 6) is 1.71. The first-order valence-corrected chi connectivity index (χ1v) is 20.1. The standard InChI is InChI=1S/C55H45NO2/c1-36-15-24-42(25-16-36)56(43-26-17-37(2)18-27-43)44-28-20-40(21-29-44)55(41-22-30-45(57-5)31-23-41)34-33-49-52-51(46-13-9-10-14-47(46)53(49)58-55)48-32-19-39(35-50(48)54(52,3)4)38-11-7-6-8-12-38/h6-35H,1-5H3. The van der Waals surface area contributed by atoms with Crippen LogP contribution in [0.5, 0.6) is 11.5 Å². The Morgan fingerprint density at radius 3 is 1.71 bits per heavy atom. The SMILES string of the molecule is COc1ccc(C2(c3ccc(N(c4ccc(C)cc4)c4ccc(C)cc4)cc3)C=Cc3c4c(c5ccccc5c3O2)-c2ccc(-c3ccccc3)cc2C4(C)C)cc1. The van der Waals surface area contributed by atoms with E-state index in [-0.39, 0.29) is 5.41 Å². The molecule has 1 atom stereocenters. The maximum Gasteiger partial charge on any atom is 0.178 e. The summed E-state index contributed by atoms with van der Waals surface area (Å²) in [6.45, 7) is 8.99. The van der Waals surface area contributed by atoms with Crippen molar-refractivity contribution in [2.45, 2.75) is 38.7 Å². The van der Waals surface area contributed by atoms with Gasteiger partial charge in [0.05, 0.1) is 7.11 Å². The second kappa shape index (κ2) is 13.7. The number of aryl methyl sites for hydroxylation is 2. The molecule has 1 heterocycles. The molecule has 282 valence electrons. The Morgan fingerprint density at radius 2 is 1.10 bits per heavy atom. The van der Waals surface area contributed by atoms with E-state index in [1.54, 1.807) is 7.11 Å². The summed E-state index contributed by atoms with van der Waals surface area (Å²) in [6, 6.07) is 61.1. The monoisotopic (exact) mass is 751 g/mol. The lowest BCUT2D eigenvalue weighted by Crippen LogP contribution is -2.35. The van der Waals surface area contributed by atoms with Crippen LogP contribution < -0.4 is 14.4 Å². The quantitative estimate of drug-likeness (QED) is 0.162. The number of ether oxygens (including phenoxy) is 2. The molecule has 58 heavy (non-hydrogen) atoms. The molecular formula is C55H45NO2. The van der Waals surface area contributed by atoms with Crippen molar-refractivity contribution in [3.05, 3.63) is 215 Å². The Kier molecular flexibility index (Phi) is 8.38. The van der Waals surface area contributed by atoms with Crippen molar-refractivity contribution in [1.29, 1.82) is 0 Å². The molecule has 0 spiro atoms. The summed E-state index contributed by atoms with van der Waals surface area (Å²) in [4.78, 5) is 2.31. The molecule has 1 aliphatic carbocycles. The van der Waals surface area contributed by atoms with E-state index in [0.29, 0.717) is 0 Å². The van der Waals surface area contributed by atoms with Gasteiger partial charge < -0.3 is 14.4 Å². The van der Waals surface area contributed by atoms with Gasteiger partial charge >= 0.3 is 0 Å². The summed E-state index contributed by atoms with van der Waals surface area (Å²) < 4.78 is 13.3. The van der Waals surface area contributed by atoms with E-state index in [9.17, 15) is 0 Å². The van der Waals surface area contributed by atoms with Crippen molar-refractivity contribution >= 4 is 33.9 Å². The molecular weight excluding hydrogens is 707 g/mol. The summed E-state index contributed by atoms with van der Waals surface area (Å²) in [6.07, 6.45) is 4.60. The van der Waals surface area contributed by atoms with Gasteiger partial charge in [-0.15, -0.1) is 0 Å². The Balaban J connectivity index is 1.14. The minimum atomic E-state index is -0.913. The zero-order chi connectivity index (χ0) is 39.6. The summed E-state index contributed by atoms with van der Waals surface area (Å²) >= 11 is 0. The van der Waals surface area contributed by atoms with Crippen molar-refractivity contribution in [3.63, 3.8) is 0 Å². The molecule has 0 radical (unpaired) electrons. The highest BCUT2D eigenvalue weighted by molar-refractivity contribution is 6.08. The number of hydrogen-bond acceptors (Lipinski definition) is 3. The molecule has 1 aliphatic heterocycles. The first-order chi connectivity index (χ1) is 28.2. The Hall–Kier alpha value is -6.84. The molecule has 8 aromatic carbocycles. The number of anilines is 3. The Bertz CT molecular complexity index is 2810. The van der Waals surface area contributed by atoms with Crippen LogP contribution in [-0.2, 0) is 11.0 Å². The van der Waals surface area contributed by atoms with E-state index in [4.69, 9.17) is 9.47 Å². The van der Waals surface area contributed by atoms with Gasteiger partial charge in [-0.2, -0.15) is 0 Å². The number of benzene rings is 8. The largest absolute Gasteiger partial charge is 0.497 e. The normalized spacial score (nSPS) is 15.9. The number of nitrogens with zero attached hydrogens (tertiary/aromatic N) is 1. The summed E-state index contributed by atoms with van der Waals surface area (Å²) in [5.41, 5.74) is 15.5. The van der Waals surface area contributed by atoms with Gasteiger partial charge in [0.25, 0.3) is 0 Å². The van der Waals surface area contributed by atoms with Crippen molar-refractivity contribution in [1.82, 2.24) is 0 Å². The number of hydrogen-bond donors (Lipinski definition) is 0. The molecule has 3 heteroatoms. The average Bonchev–Trinajstić information content (AvgIpc) is 3.51. The van der Waals surface area contributed by atoms with E-state index >= 15 is 0 Å². The van der Waals surface area contributed by atoms with Gasteiger partial charge in [0.2, 0.25) is 0 Å². The van der Waals surface area contributed by atoms with E-state index < -0.39 is 5.60 Å². The predicted octanol–water partition coefficient (Wildman–Crippen LogP) is 14.3. The smallest absolute Gasteiger partial charge is 0.178 e. The molecule has 0 N–H and O–H groups in total. The highest BCUT2D eigenvalue weighted by Gasteiger charge is 2.44. The molecule has 0 bridgehead atoms. The van der Waals surface area contributed by atoms with Crippen LogP contribution in [0.3, 0.4) is 0 Å².